The van der Waals surface area contributed by atoms with Crippen LogP contribution in [0.5, 0.6) is 0 Å². The number of rotatable bonds is 7. The third-order valence-electron chi connectivity index (χ3n) is 4.26. The van der Waals surface area contributed by atoms with Gasteiger partial charge >= 0.3 is 11.9 Å². The van der Waals surface area contributed by atoms with Crippen LogP contribution in [0, 0.1) is 11.8 Å². The first-order chi connectivity index (χ1) is 11.7. The van der Waals surface area contributed by atoms with Crippen molar-refractivity contribution in [3.05, 3.63) is 34.2 Å². The summed E-state index contributed by atoms with van der Waals surface area (Å²) in [5.74, 6) is -1.05. The Bertz CT molecular complexity index is 569. The van der Waals surface area contributed by atoms with Crippen LogP contribution in [0.2, 0.25) is 0 Å². The largest absolute Gasteiger partial charge is 0.463 e. The number of carbonyl (C=O) groups excluding carboxylic acids is 2. The predicted molar refractivity (Wildman–Crippen MR) is 98.5 cm³/mol. The van der Waals surface area contributed by atoms with Crippen molar-refractivity contribution in [2.75, 3.05) is 13.2 Å². The highest BCUT2D eigenvalue weighted by Gasteiger charge is 2.39. The summed E-state index contributed by atoms with van der Waals surface area (Å²) in [5, 5.41) is 3.15. The van der Waals surface area contributed by atoms with E-state index >= 15 is 0 Å². The summed E-state index contributed by atoms with van der Waals surface area (Å²) in [7, 11) is 0. The summed E-state index contributed by atoms with van der Waals surface area (Å²) >= 11 is 0. The van der Waals surface area contributed by atoms with Crippen molar-refractivity contribution in [2.45, 2.75) is 54.9 Å². The topological polar surface area (TPSA) is 64.6 Å². The summed E-state index contributed by atoms with van der Waals surface area (Å²) in [6, 6.07) is 0. The van der Waals surface area contributed by atoms with Crippen molar-refractivity contribution < 1.29 is 19.1 Å². The Kier molecular flexibility index (Phi) is 7.94. The average Bonchev–Trinajstić information content (AvgIpc) is 2.51. The minimum Gasteiger partial charge on any atom is -0.463 e. The normalized spacial score (nSPS) is 16.3. The van der Waals surface area contributed by atoms with Gasteiger partial charge in [0.25, 0.3) is 0 Å². The van der Waals surface area contributed by atoms with Crippen molar-refractivity contribution in [2.24, 2.45) is 11.8 Å². The van der Waals surface area contributed by atoms with Crippen LogP contribution in [-0.4, -0.2) is 25.2 Å². The van der Waals surface area contributed by atoms with Gasteiger partial charge in [-0.05, 0) is 53.9 Å². The van der Waals surface area contributed by atoms with E-state index in [0.29, 0.717) is 24.4 Å². The third-order valence-corrected chi connectivity index (χ3v) is 4.26. The quantitative estimate of drug-likeness (QED) is 0.558. The van der Waals surface area contributed by atoms with Crippen LogP contribution < -0.4 is 5.32 Å². The van der Waals surface area contributed by atoms with Crippen LogP contribution >= 0.6 is 0 Å². The first-order valence-corrected chi connectivity index (χ1v) is 8.90. The number of hydrogen-bond donors (Lipinski definition) is 1. The molecular weight excluding hydrogens is 318 g/mol. The minimum atomic E-state index is -0.379. The molecule has 0 radical (unpaired) electrons. The molecule has 0 amide bonds. The van der Waals surface area contributed by atoms with E-state index < -0.39 is 0 Å². The smallest absolute Gasteiger partial charge is 0.336 e. The molecule has 0 bridgehead atoms. The number of allylic oxidation sites excluding steroid dienone is 4. The Balaban J connectivity index is 3.38. The summed E-state index contributed by atoms with van der Waals surface area (Å²) in [5.41, 5.74) is 3.71. The lowest BCUT2D eigenvalue weighted by Gasteiger charge is -2.33. The first kappa shape index (κ1) is 21.0. The van der Waals surface area contributed by atoms with E-state index in [1.807, 2.05) is 27.7 Å². The van der Waals surface area contributed by atoms with Crippen LogP contribution in [0.15, 0.2) is 34.2 Å². The van der Waals surface area contributed by atoms with Gasteiger partial charge in [0.2, 0.25) is 0 Å². The fourth-order valence-corrected chi connectivity index (χ4v) is 3.13. The predicted octanol–water partition coefficient (Wildman–Crippen LogP) is 3.87. The fraction of sp³-hybridized carbons (Fsp3) is 0.600. The van der Waals surface area contributed by atoms with E-state index in [1.165, 1.54) is 5.57 Å². The standard InChI is InChI=1S/C20H31NO4/c1-8-24-19(22)17-14(6)21-15(7)18(20(23)25-9-2)16(17)13(5)11-10-12(3)4/h10,13,16,21H,8-9,11H2,1-7H3. The lowest BCUT2D eigenvalue weighted by Crippen LogP contribution is -2.36. The fourth-order valence-electron chi connectivity index (χ4n) is 3.13. The maximum atomic E-state index is 12.6. The summed E-state index contributed by atoms with van der Waals surface area (Å²) in [6.07, 6.45) is 2.89. The number of nitrogens with one attached hydrogen (secondary N) is 1. The summed E-state index contributed by atoms with van der Waals surface area (Å²) in [4.78, 5) is 25.2. The van der Waals surface area contributed by atoms with Gasteiger partial charge in [-0.25, -0.2) is 9.59 Å². The van der Waals surface area contributed by atoms with E-state index in [4.69, 9.17) is 9.47 Å². The molecule has 0 aromatic rings. The zero-order chi connectivity index (χ0) is 19.1. The summed E-state index contributed by atoms with van der Waals surface area (Å²) in [6.45, 7) is 14.0. The Hall–Kier alpha value is -2.04. The van der Waals surface area contributed by atoms with Gasteiger partial charge in [-0.2, -0.15) is 0 Å². The van der Waals surface area contributed by atoms with Crippen molar-refractivity contribution in [1.29, 1.82) is 0 Å². The van der Waals surface area contributed by atoms with E-state index in [-0.39, 0.29) is 23.8 Å². The molecule has 1 unspecified atom stereocenters. The van der Waals surface area contributed by atoms with Crippen molar-refractivity contribution in [1.82, 2.24) is 5.32 Å². The van der Waals surface area contributed by atoms with Crippen LogP contribution in [0.25, 0.3) is 0 Å². The van der Waals surface area contributed by atoms with Crippen molar-refractivity contribution in [3.8, 4) is 0 Å². The number of esters is 2. The van der Waals surface area contributed by atoms with Crippen LogP contribution in [0.4, 0.5) is 0 Å². The van der Waals surface area contributed by atoms with E-state index in [0.717, 1.165) is 17.8 Å². The van der Waals surface area contributed by atoms with Crippen LogP contribution in [0.3, 0.4) is 0 Å². The second kappa shape index (κ2) is 9.44. The molecule has 1 atom stereocenters. The molecular formula is C20H31NO4. The van der Waals surface area contributed by atoms with Crippen LogP contribution in [-0.2, 0) is 19.1 Å². The number of dihydropyridines is 1. The maximum Gasteiger partial charge on any atom is 0.336 e. The zero-order valence-corrected chi connectivity index (χ0v) is 16.5. The van der Waals surface area contributed by atoms with Gasteiger partial charge in [-0.3, -0.25) is 0 Å². The van der Waals surface area contributed by atoms with Gasteiger partial charge in [-0.1, -0.05) is 18.6 Å². The molecule has 5 nitrogen and oxygen atoms in total. The SMILES string of the molecule is CCOC(=O)C1=C(C)NC(C)=C(C(=O)OCC)C1C(C)CC=C(C)C. The Labute approximate surface area is 151 Å². The van der Waals surface area contributed by atoms with E-state index in [9.17, 15) is 9.59 Å². The van der Waals surface area contributed by atoms with Crippen molar-refractivity contribution in [3.63, 3.8) is 0 Å². The molecule has 0 spiro atoms. The molecule has 1 aliphatic rings. The molecule has 1 N–H and O–H groups in total. The van der Waals surface area contributed by atoms with Crippen molar-refractivity contribution >= 4 is 11.9 Å². The highest BCUT2D eigenvalue weighted by atomic mass is 16.5. The molecule has 0 saturated heterocycles. The van der Waals surface area contributed by atoms with Gasteiger partial charge in [0.15, 0.2) is 0 Å². The van der Waals surface area contributed by atoms with Gasteiger partial charge in [0.1, 0.15) is 0 Å². The molecule has 0 aliphatic carbocycles. The monoisotopic (exact) mass is 349 g/mol. The van der Waals surface area contributed by atoms with Gasteiger partial charge in [-0.15, -0.1) is 0 Å². The lowest BCUT2D eigenvalue weighted by molar-refractivity contribution is -0.140. The minimum absolute atomic E-state index is 0.0562. The molecule has 25 heavy (non-hydrogen) atoms. The maximum absolute atomic E-state index is 12.6. The van der Waals surface area contributed by atoms with Crippen LogP contribution in [0.1, 0.15) is 54.9 Å². The zero-order valence-electron chi connectivity index (χ0n) is 16.5. The Morgan fingerprint density at radius 2 is 1.48 bits per heavy atom. The number of ether oxygens (including phenoxy) is 2. The van der Waals surface area contributed by atoms with Gasteiger partial charge in [0.05, 0.1) is 24.4 Å². The summed E-state index contributed by atoms with van der Waals surface area (Å²) < 4.78 is 10.5. The van der Waals surface area contributed by atoms with Gasteiger partial charge in [0, 0.05) is 17.3 Å². The molecule has 0 saturated carbocycles. The van der Waals surface area contributed by atoms with E-state index in [1.54, 1.807) is 13.8 Å². The average molecular weight is 349 g/mol. The highest BCUT2D eigenvalue weighted by Crippen LogP contribution is 2.38. The second-order valence-electron chi connectivity index (χ2n) is 6.62. The third kappa shape index (κ3) is 5.21. The Morgan fingerprint density at radius 1 is 1.04 bits per heavy atom. The first-order valence-electron chi connectivity index (χ1n) is 8.90. The molecule has 0 aromatic heterocycles. The molecule has 0 fully saturated rings. The van der Waals surface area contributed by atoms with Gasteiger partial charge < -0.3 is 14.8 Å². The molecule has 1 heterocycles. The lowest BCUT2D eigenvalue weighted by atomic mass is 9.76. The molecule has 5 heteroatoms. The molecule has 140 valence electrons. The van der Waals surface area contributed by atoms with E-state index in [2.05, 4.69) is 18.3 Å². The number of carbonyl (C=O) groups is 2. The molecule has 0 aromatic carbocycles. The Morgan fingerprint density at radius 3 is 1.84 bits per heavy atom. The molecule has 1 rings (SSSR count). The number of hydrogen-bond acceptors (Lipinski definition) is 5. The second-order valence-corrected chi connectivity index (χ2v) is 6.62. The molecule has 1 aliphatic heterocycles. The highest BCUT2D eigenvalue weighted by molar-refractivity contribution is 5.97.